The van der Waals surface area contributed by atoms with E-state index in [9.17, 15) is 0 Å². The Morgan fingerprint density at radius 3 is 1.64 bits per heavy atom. The zero-order valence-electron chi connectivity index (χ0n) is 14.8. The molecule has 0 aromatic heterocycles. The standard InChI is InChI=1S/C21H27Cl/c1-14-15(10-8-12-17(14)20(2,3)4)16-11-9-13-18(19(16)22)21(5,6)7/h8-13H,1-7H3. The van der Waals surface area contributed by atoms with Crippen LogP contribution in [-0.4, -0.2) is 0 Å². The average molecular weight is 315 g/mol. The zero-order valence-corrected chi connectivity index (χ0v) is 15.6. The Labute approximate surface area is 140 Å². The van der Waals surface area contributed by atoms with Crippen LogP contribution < -0.4 is 0 Å². The lowest BCUT2D eigenvalue weighted by molar-refractivity contribution is 0.586. The van der Waals surface area contributed by atoms with Crippen LogP contribution in [0.25, 0.3) is 11.1 Å². The van der Waals surface area contributed by atoms with E-state index in [0.717, 1.165) is 10.6 Å². The van der Waals surface area contributed by atoms with Gasteiger partial charge in [-0.05, 0) is 40.0 Å². The third-order valence-electron chi connectivity index (χ3n) is 4.24. The minimum absolute atomic E-state index is 0.0443. The Morgan fingerprint density at radius 1 is 0.682 bits per heavy atom. The molecule has 0 nitrogen and oxygen atoms in total. The average Bonchev–Trinajstić information content (AvgIpc) is 2.37. The van der Waals surface area contributed by atoms with Crippen LogP contribution in [0.1, 0.15) is 58.2 Å². The summed E-state index contributed by atoms with van der Waals surface area (Å²) in [6, 6.07) is 12.9. The highest BCUT2D eigenvalue weighted by Crippen LogP contribution is 2.39. The van der Waals surface area contributed by atoms with Gasteiger partial charge in [-0.1, -0.05) is 89.5 Å². The van der Waals surface area contributed by atoms with Gasteiger partial charge in [0.05, 0.1) is 5.02 Å². The van der Waals surface area contributed by atoms with E-state index in [1.54, 1.807) is 0 Å². The fraction of sp³-hybridized carbons (Fsp3) is 0.429. The largest absolute Gasteiger partial charge is 0.0833 e. The lowest BCUT2D eigenvalue weighted by Crippen LogP contribution is -2.14. The lowest BCUT2D eigenvalue weighted by atomic mass is 9.80. The van der Waals surface area contributed by atoms with Crippen molar-refractivity contribution in [3.8, 4) is 11.1 Å². The van der Waals surface area contributed by atoms with Gasteiger partial charge in [-0.25, -0.2) is 0 Å². The maximum Gasteiger partial charge on any atom is 0.0521 e. The van der Waals surface area contributed by atoms with E-state index >= 15 is 0 Å². The van der Waals surface area contributed by atoms with Gasteiger partial charge >= 0.3 is 0 Å². The first-order chi connectivity index (χ1) is 10.0. The highest BCUT2D eigenvalue weighted by molar-refractivity contribution is 6.34. The van der Waals surface area contributed by atoms with E-state index in [1.807, 2.05) is 0 Å². The van der Waals surface area contributed by atoms with Gasteiger partial charge in [0.25, 0.3) is 0 Å². The molecule has 2 aromatic rings. The molecule has 0 bridgehead atoms. The summed E-state index contributed by atoms with van der Waals surface area (Å²) in [5.74, 6) is 0. The first-order valence-corrected chi connectivity index (χ1v) is 8.30. The molecule has 0 saturated carbocycles. The summed E-state index contributed by atoms with van der Waals surface area (Å²) in [7, 11) is 0. The molecule has 0 fully saturated rings. The van der Waals surface area contributed by atoms with Crippen LogP contribution >= 0.6 is 11.6 Å². The number of rotatable bonds is 1. The molecule has 0 aliphatic carbocycles. The molecule has 118 valence electrons. The maximum atomic E-state index is 6.77. The molecule has 2 aromatic carbocycles. The first kappa shape index (κ1) is 17.1. The van der Waals surface area contributed by atoms with Crippen molar-refractivity contribution in [3.05, 3.63) is 58.1 Å². The third-order valence-corrected chi connectivity index (χ3v) is 4.65. The molecule has 2 rings (SSSR count). The summed E-state index contributed by atoms with van der Waals surface area (Å²) < 4.78 is 0. The molecule has 0 amide bonds. The number of benzene rings is 2. The summed E-state index contributed by atoms with van der Waals surface area (Å²) in [5.41, 5.74) is 6.45. The van der Waals surface area contributed by atoms with Crippen molar-refractivity contribution in [2.75, 3.05) is 0 Å². The van der Waals surface area contributed by atoms with Crippen molar-refractivity contribution >= 4 is 11.6 Å². The summed E-state index contributed by atoms with van der Waals surface area (Å²) in [6.07, 6.45) is 0. The summed E-state index contributed by atoms with van der Waals surface area (Å²) in [5, 5.41) is 0.879. The monoisotopic (exact) mass is 314 g/mol. The number of halogens is 1. The molecule has 1 heteroatoms. The molecule has 0 spiro atoms. The van der Waals surface area contributed by atoms with Gasteiger partial charge in [0.15, 0.2) is 0 Å². The molecule has 0 heterocycles. The van der Waals surface area contributed by atoms with Crippen molar-refractivity contribution < 1.29 is 0 Å². The van der Waals surface area contributed by atoms with Crippen molar-refractivity contribution in [2.24, 2.45) is 0 Å². The van der Waals surface area contributed by atoms with Gasteiger partial charge in [0, 0.05) is 5.56 Å². The molecule has 0 aliphatic rings. The molecule has 0 atom stereocenters. The first-order valence-electron chi connectivity index (χ1n) is 7.93. The summed E-state index contributed by atoms with van der Waals surface area (Å²) in [4.78, 5) is 0. The van der Waals surface area contributed by atoms with E-state index in [0.29, 0.717) is 0 Å². The third kappa shape index (κ3) is 3.22. The van der Waals surface area contributed by atoms with Crippen LogP contribution in [0.15, 0.2) is 36.4 Å². The lowest BCUT2D eigenvalue weighted by Gasteiger charge is -2.25. The molecule has 22 heavy (non-hydrogen) atoms. The SMILES string of the molecule is Cc1c(-c2cccc(C(C)(C)C)c2Cl)cccc1C(C)(C)C. The van der Waals surface area contributed by atoms with Gasteiger partial charge in [-0.3, -0.25) is 0 Å². The quantitative estimate of drug-likeness (QED) is 0.536. The van der Waals surface area contributed by atoms with E-state index in [-0.39, 0.29) is 10.8 Å². The summed E-state index contributed by atoms with van der Waals surface area (Å²) >= 11 is 6.77. The fourth-order valence-corrected chi connectivity index (χ4v) is 3.57. The molecular weight excluding hydrogens is 288 g/mol. The van der Waals surface area contributed by atoms with E-state index in [2.05, 4.69) is 84.9 Å². The van der Waals surface area contributed by atoms with Gasteiger partial charge < -0.3 is 0 Å². The molecule has 0 radical (unpaired) electrons. The van der Waals surface area contributed by atoms with Crippen LogP contribution in [0.3, 0.4) is 0 Å². The Hall–Kier alpha value is -1.27. The van der Waals surface area contributed by atoms with Crippen LogP contribution in [0.4, 0.5) is 0 Å². The van der Waals surface area contributed by atoms with E-state index in [4.69, 9.17) is 11.6 Å². The maximum absolute atomic E-state index is 6.77. The molecule has 0 N–H and O–H groups in total. The summed E-state index contributed by atoms with van der Waals surface area (Å²) in [6.45, 7) is 15.6. The van der Waals surface area contributed by atoms with Crippen LogP contribution in [-0.2, 0) is 10.8 Å². The predicted octanol–water partition coefficient (Wildman–Crippen LogP) is 6.91. The Morgan fingerprint density at radius 2 is 1.14 bits per heavy atom. The van der Waals surface area contributed by atoms with E-state index in [1.165, 1.54) is 22.3 Å². The topological polar surface area (TPSA) is 0 Å². The van der Waals surface area contributed by atoms with Gasteiger partial charge in [0.2, 0.25) is 0 Å². The van der Waals surface area contributed by atoms with Crippen LogP contribution in [0, 0.1) is 6.92 Å². The Balaban J connectivity index is 2.69. The predicted molar refractivity (Wildman–Crippen MR) is 99.0 cm³/mol. The second-order valence-electron chi connectivity index (χ2n) is 8.15. The smallest absolute Gasteiger partial charge is 0.0521 e. The van der Waals surface area contributed by atoms with Gasteiger partial charge in [0.1, 0.15) is 0 Å². The molecular formula is C21H27Cl. The molecule has 0 aliphatic heterocycles. The molecule has 0 unspecified atom stereocenters. The number of hydrogen-bond donors (Lipinski definition) is 0. The number of hydrogen-bond acceptors (Lipinski definition) is 0. The van der Waals surface area contributed by atoms with Crippen LogP contribution in [0.5, 0.6) is 0 Å². The van der Waals surface area contributed by atoms with Gasteiger partial charge in [-0.15, -0.1) is 0 Å². The Bertz CT molecular complexity index is 621. The Kier molecular flexibility index (Phi) is 4.46. The second-order valence-corrected chi connectivity index (χ2v) is 8.52. The van der Waals surface area contributed by atoms with Crippen molar-refractivity contribution in [1.29, 1.82) is 0 Å². The van der Waals surface area contributed by atoms with Crippen molar-refractivity contribution in [1.82, 2.24) is 0 Å². The minimum Gasteiger partial charge on any atom is -0.0833 e. The van der Waals surface area contributed by atoms with Crippen molar-refractivity contribution in [3.63, 3.8) is 0 Å². The van der Waals surface area contributed by atoms with Crippen LogP contribution in [0.2, 0.25) is 5.02 Å². The second kappa shape index (κ2) is 5.74. The minimum atomic E-state index is 0.0443. The fourth-order valence-electron chi connectivity index (χ4n) is 3.06. The highest BCUT2D eigenvalue weighted by Gasteiger charge is 2.22. The zero-order chi connectivity index (χ0) is 16.7. The van der Waals surface area contributed by atoms with E-state index < -0.39 is 0 Å². The highest BCUT2D eigenvalue weighted by atomic mass is 35.5. The van der Waals surface area contributed by atoms with Crippen molar-refractivity contribution in [2.45, 2.75) is 59.3 Å². The van der Waals surface area contributed by atoms with Gasteiger partial charge in [-0.2, -0.15) is 0 Å². The molecule has 0 saturated heterocycles. The normalized spacial score (nSPS) is 12.5.